The van der Waals surface area contributed by atoms with Crippen LogP contribution in [-0.2, 0) is 0 Å². The smallest absolute Gasteiger partial charge is 0.0968 e. The molecule has 0 amide bonds. The molecule has 1 atom stereocenters. The van der Waals surface area contributed by atoms with Crippen LogP contribution in [0.5, 0.6) is 0 Å². The molecule has 0 radical (unpaired) electrons. The first kappa shape index (κ1) is 12.5. The molecule has 0 bridgehead atoms. The summed E-state index contributed by atoms with van der Waals surface area (Å²) in [7, 11) is -1.23. The lowest BCUT2D eigenvalue weighted by Crippen LogP contribution is -2.16. The zero-order valence-electron chi connectivity index (χ0n) is 9.37. The summed E-state index contributed by atoms with van der Waals surface area (Å²) in [4.78, 5) is 0. The number of hydrogen-bond donors (Lipinski definition) is 1. The van der Waals surface area contributed by atoms with Crippen molar-refractivity contribution in [2.45, 2.75) is 25.7 Å². The Morgan fingerprint density at radius 1 is 1.20 bits per heavy atom. The molecule has 0 saturated carbocycles. The van der Waals surface area contributed by atoms with Crippen LogP contribution in [0.1, 0.15) is 11.7 Å². The SMILES string of the molecule is C[Si](C)(C)/C=C/C(O)c1ccc(Cl)cc1. The zero-order valence-corrected chi connectivity index (χ0v) is 11.1. The fraction of sp³-hybridized carbons (Fsp3) is 0.333. The van der Waals surface area contributed by atoms with E-state index in [2.05, 4.69) is 25.3 Å². The van der Waals surface area contributed by atoms with E-state index in [0.717, 1.165) is 5.56 Å². The van der Waals surface area contributed by atoms with E-state index in [-0.39, 0.29) is 0 Å². The Kier molecular flexibility index (Phi) is 4.14. The molecule has 15 heavy (non-hydrogen) atoms. The number of aliphatic hydroxyl groups is 1. The second kappa shape index (κ2) is 4.97. The van der Waals surface area contributed by atoms with Crippen LogP contribution >= 0.6 is 11.6 Å². The maximum Gasteiger partial charge on any atom is 0.0968 e. The van der Waals surface area contributed by atoms with Crippen molar-refractivity contribution >= 4 is 19.7 Å². The summed E-state index contributed by atoms with van der Waals surface area (Å²) in [6.45, 7) is 6.70. The molecule has 1 rings (SSSR count). The Morgan fingerprint density at radius 2 is 1.73 bits per heavy atom. The summed E-state index contributed by atoms with van der Waals surface area (Å²) < 4.78 is 0. The Labute approximate surface area is 97.4 Å². The molecule has 0 fully saturated rings. The zero-order chi connectivity index (χ0) is 11.5. The molecule has 1 aromatic rings. The minimum absolute atomic E-state index is 0.519. The first-order valence-corrected chi connectivity index (χ1v) is 8.97. The summed E-state index contributed by atoms with van der Waals surface area (Å²) >= 11 is 5.77. The Morgan fingerprint density at radius 3 is 2.20 bits per heavy atom. The fourth-order valence-corrected chi connectivity index (χ4v) is 2.04. The third kappa shape index (κ3) is 4.65. The number of rotatable bonds is 3. The van der Waals surface area contributed by atoms with E-state index >= 15 is 0 Å². The minimum Gasteiger partial charge on any atom is -0.384 e. The van der Waals surface area contributed by atoms with Crippen LogP contribution < -0.4 is 0 Å². The molecule has 1 nitrogen and oxygen atoms in total. The van der Waals surface area contributed by atoms with Gasteiger partial charge >= 0.3 is 0 Å². The van der Waals surface area contributed by atoms with E-state index in [1.165, 1.54) is 0 Å². The summed E-state index contributed by atoms with van der Waals surface area (Å²) in [5, 5.41) is 10.6. The van der Waals surface area contributed by atoms with Crippen molar-refractivity contribution in [3.63, 3.8) is 0 Å². The highest BCUT2D eigenvalue weighted by atomic mass is 35.5. The normalized spacial score (nSPS) is 14.5. The van der Waals surface area contributed by atoms with Crippen LogP contribution in [0.3, 0.4) is 0 Å². The van der Waals surface area contributed by atoms with Crippen molar-refractivity contribution < 1.29 is 5.11 Å². The van der Waals surface area contributed by atoms with E-state index in [1.807, 2.05) is 18.2 Å². The van der Waals surface area contributed by atoms with Gasteiger partial charge in [0.25, 0.3) is 0 Å². The average molecular weight is 241 g/mol. The Bertz CT molecular complexity index is 338. The maximum absolute atomic E-state index is 9.87. The van der Waals surface area contributed by atoms with Gasteiger partial charge in [0.05, 0.1) is 14.2 Å². The Hall–Kier alpha value is -0.573. The number of aliphatic hydroxyl groups excluding tert-OH is 1. The molecule has 1 unspecified atom stereocenters. The van der Waals surface area contributed by atoms with Gasteiger partial charge in [-0.3, -0.25) is 0 Å². The molecule has 1 aromatic carbocycles. The van der Waals surface area contributed by atoms with Crippen LogP contribution in [-0.4, -0.2) is 13.2 Å². The lowest BCUT2D eigenvalue weighted by Gasteiger charge is -2.11. The van der Waals surface area contributed by atoms with Gasteiger partial charge in [0.2, 0.25) is 0 Å². The van der Waals surface area contributed by atoms with Crippen molar-refractivity contribution in [2.24, 2.45) is 0 Å². The first-order valence-electron chi connectivity index (χ1n) is 5.01. The van der Waals surface area contributed by atoms with Crippen LogP contribution in [0.4, 0.5) is 0 Å². The highest BCUT2D eigenvalue weighted by Gasteiger charge is 2.09. The van der Waals surface area contributed by atoms with Gasteiger partial charge in [-0.2, -0.15) is 0 Å². The van der Waals surface area contributed by atoms with Crippen LogP contribution in [0, 0.1) is 0 Å². The molecule has 1 N–H and O–H groups in total. The molecule has 0 aliphatic heterocycles. The molecular formula is C12H17ClOSi. The molecule has 0 spiro atoms. The van der Waals surface area contributed by atoms with E-state index in [4.69, 9.17) is 11.6 Å². The van der Waals surface area contributed by atoms with E-state index < -0.39 is 14.2 Å². The summed E-state index contributed by atoms with van der Waals surface area (Å²) in [6.07, 6.45) is 1.35. The van der Waals surface area contributed by atoms with Gasteiger partial charge < -0.3 is 5.11 Å². The first-order chi connectivity index (χ1) is 6.88. The fourth-order valence-electron chi connectivity index (χ4n) is 1.15. The van der Waals surface area contributed by atoms with E-state index in [0.29, 0.717) is 5.02 Å². The standard InChI is InChI=1S/C12H17ClOSi/c1-15(2,3)9-8-12(14)10-4-6-11(13)7-5-10/h4-9,12,14H,1-3H3/b9-8+. The number of hydrogen-bond acceptors (Lipinski definition) is 1. The summed E-state index contributed by atoms with van der Waals surface area (Å²) in [6, 6.07) is 7.29. The topological polar surface area (TPSA) is 20.2 Å². The van der Waals surface area contributed by atoms with Crippen molar-refractivity contribution in [2.75, 3.05) is 0 Å². The predicted molar refractivity (Wildman–Crippen MR) is 68.9 cm³/mol. The van der Waals surface area contributed by atoms with Gasteiger partial charge in [-0.25, -0.2) is 0 Å². The second-order valence-corrected chi connectivity index (χ2v) is 10.2. The minimum atomic E-state index is -1.23. The summed E-state index contributed by atoms with van der Waals surface area (Å²) in [5.41, 5.74) is 3.03. The van der Waals surface area contributed by atoms with Gasteiger partial charge in [-0.1, -0.05) is 55.2 Å². The number of halogens is 1. The quantitative estimate of drug-likeness (QED) is 0.797. The van der Waals surface area contributed by atoms with Gasteiger partial charge in [-0.05, 0) is 17.7 Å². The van der Waals surface area contributed by atoms with Crippen LogP contribution in [0.15, 0.2) is 36.0 Å². The predicted octanol–water partition coefficient (Wildman–Crippen LogP) is 3.81. The van der Waals surface area contributed by atoms with Crippen LogP contribution in [0.2, 0.25) is 24.7 Å². The van der Waals surface area contributed by atoms with Gasteiger partial charge in [0.15, 0.2) is 0 Å². The van der Waals surface area contributed by atoms with E-state index in [1.54, 1.807) is 12.1 Å². The molecule has 0 aliphatic rings. The molecule has 82 valence electrons. The molecule has 0 aromatic heterocycles. The van der Waals surface area contributed by atoms with Crippen molar-refractivity contribution in [1.82, 2.24) is 0 Å². The maximum atomic E-state index is 9.87. The van der Waals surface area contributed by atoms with E-state index in [9.17, 15) is 5.11 Å². The van der Waals surface area contributed by atoms with Crippen LogP contribution in [0.25, 0.3) is 0 Å². The molecule has 0 aliphatic carbocycles. The molecular weight excluding hydrogens is 224 g/mol. The molecule has 0 saturated heterocycles. The Balaban J connectivity index is 2.73. The van der Waals surface area contributed by atoms with Gasteiger partial charge in [0.1, 0.15) is 0 Å². The van der Waals surface area contributed by atoms with Crippen molar-refractivity contribution in [1.29, 1.82) is 0 Å². The molecule has 0 heterocycles. The largest absolute Gasteiger partial charge is 0.384 e. The third-order valence-electron chi connectivity index (χ3n) is 1.99. The third-order valence-corrected chi connectivity index (χ3v) is 3.43. The molecule has 3 heteroatoms. The van der Waals surface area contributed by atoms with Crippen molar-refractivity contribution in [3.8, 4) is 0 Å². The monoisotopic (exact) mass is 240 g/mol. The summed E-state index contributed by atoms with van der Waals surface area (Å²) in [5.74, 6) is 0. The lowest BCUT2D eigenvalue weighted by atomic mass is 10.1. The van der Waals surface area contributed by atoms with Crippen molar-refractivity contribution in [3.05, 3.63) is 46.6 Å². The lowest BCUT2D eigenvalue weighted by molar-refractivity contribution is 0.229. The average Bonchev–Trinajstić information content (AvgIpc) is 2.14. The van der Waals surface area contributed by atoms with Gasteiger partial charge in [0, 0.05) is 5.02 Å². The second-order valence-electron chi connectivity index (χ2n) is 4.72. The highest BCUT2D eigenvalue weighted by molar-refractivity contribution is 6.80. The van der Waals surface area contributed by atoms with Gasteiger partial charge in [-0.15, -0.1) is 0 Å². The number of benzene rings is 1. The highest BCUT2D eigenvalue weighted by Crippen LogP contribution is 2.18.